The highest BCUT2D eigenvalue weighted by Crippen LogP contribution is 2.23. The Morgan fingerprint density at radius 1 is 0.917 bits per heavy atom. The summed E-state index contributed by atoms with van der Waals surface area (Å²) in [5.41, 5.74) is 1.52. The van der Waals surface area contributed by atoms with Gasteiger partial charge in [0.15, 0.2) is 0 Å². The minimum Gasteiger partial charge on any atom is -0.386 e. The molecule has 3 N–H and O–H groups in total. The van der Waals surface area contributed by atoms with Crippen molar-refractivity contribution in [3.8, 4) is 0 Å². The number of hydrogen-bond acceptors (Lipinski definition) is 2. The lowest BCUT2D eigenvalue weighted by Gasteiger charge is -2.21. The third-order valence-corrected chi connectivity index (χ3v) is 4.01. The summed E-state index contributed by atoms with van der Waals surface area (Å²) in [5.74, 6) is 0. The quantitative estimate of drug-likeness (QED) is 0.678. The molecule has 0 aliphatic rings. The molecule has 0 aromatic heterocycles. The third-order valence-electron chi connectivity index (χ3n) is 4.01. The van der Waals surface area contributed by atoms with Gasteiger partial charge in [-0.3, -0.25) is 0 Å². The van der Waals surface area contributed by atoms with Gasteiger partial charge >= 0.3 is 6.03 Å². The lowest BCUT2D eigenvalue weighted by molar-refractivity contribution is 0.139. The van der Waals surface area contributed by atoms with Crippen molar-refractivity contribution in [2.75, 3.05) is 5.32 Å². The maximum atomic E-state index is 12.3. The van der Waals surface area contributed by atoms with Gasteiger partial charge in [-0.1, -0.05) is 66.7 Å². The number of carbonyl (C=O) groups excluding carboxylic acids is 1. The second-order valence-electron chi connectivity index (χ2n) is 5.77. The largest absolute Gasteiger partial charge is 0.386 e. The monoisotopic (exact) mass is 320 g/mol. The highest BCUT2D eigenvalue weighted by Gasteiger charge is 2.18. The van der Waals surface area contributed by atoms with E-state index in [4.69, 9.17) is 0 Å². The number of nitrogens with one attached hydrogen (secondary N) is 2. The number of fused-ring (bicyclic) bond motifs is 1. The number of urea groups is 1. The summed E-state index contributed by atoms with van der Waals surface area (Å²) in [4.78, 5) is 12.3. The summed E-state index contributed by atoms with van der Waals surface area (Å²) in [5, 5.41) is 18.0. The van der Waals surface area contributed by atoms with Crippen LogP contribution in [0.4, 0.5) is 10.5 Å². The molecule has 4 nitrogen and oxygen atoms in total. The van der Waals surface area contributed by atoms with E-state index in [0.29, 0.717) is 0 Å². The first-order chi connectivity index (χ1) is 11.6. The summed E-state index contributed by atoms with van der Waals surface area (Å²) >= 11 is 0. The number of hydrogen-bond donors (Lipinski definition) is 3. The van der Waals surface area contributed by atoms with E-state index in [-0.39, 0.29) is 6.03 Å². The minimum atomic E-state index is -0.760. The first kappa shape index (κ1) is 16.0. The van der Waals surface area contributed by atoms with Crippen LogP contribution in [0.25, 0.3) is 10.8 Å². The molecular formula is C20H20N2O2. The molecule has 0 spiro atoms. The zero-order valence-electron chi connectivity index (χ0n) is 13.4. The van der Waals surface area contributed by atoms with Crippen LogP contribution < -0.4 is 10.6 Å². The van der Waals surface area contributed by atoms with Crippen LogP contribution in [0.3, 0.4) is 0 Å². The molecule has 24 heavy (non-hydrogen) atoms. The average Bonchev–Trinajstić information content (AvgIpc) is 2.62. The van der Waals surface area contributed by atoms with E-state index in [0.717, 1.165) is 22.0 Å². The van der Waals surface area contributed by atoms with E-state index in [9.17, 15) is 9.90 Å². The molecular weight excluding hydrogens is 300 g/mol. The van der Waals surface area contributed by atoms with Gasteiger partial charge in [-0.15, -0.1) is 0 Å². The van der Waals surface area contributed by atoms with Crippen molar-refractivity contribution >= 4 is 22.5 Å². The fraction of sp³-hybridized carbons (Fsp3) is 0.150. The van der Waals surface area contributed by atoms with Gasteiger partial charge in [-0.2, -0.15) is 0 Å². The van der Waals surface area contributed by atoms with E-state index in [1.54, 1.807) is 6.92 Å². The normalized spacial score (nSPS) is 13.2. The first-order valence-electron chi connectivity index (χ1n) is 7.93. The van der Waals surface area contributed by atoms with Crippen molar-refractivity contribution in [2.45, 2.75) is 19.1 Å². The molecule has 0 heterocycles. The molecule has 0 radical (unpaired) electrons. The number of amides is 2. The number of anilines is 1. The second-order valence-corrected chi connectivity index (χ2v) is 5.77. The molecule has 122 valence electrons. The standard InChI is InChI=1S/C20H20N2O2/c1-14(19(23)16-9-3-2-4-10-16)21-20(24)22-18-13-7-11-15-8-5-6-12-17(15)18/h2-14,19,23H,1H3,(H2,21,22,24)/t14-,19+/m0/s1. The number of benzene rings is 3. The predicted octanol–water partition coefficient (Wildman–Crippen LogP) is 4.08. The van der Waals surface area contributed by atoms with Gasteiger partial charge in [0, 0.05) is 5.39 Å². The van der Waals surface area contributed by atoms with E-state index >= 15 is 0 Å². The first-order valence-corrected chi connectivity index (χ1v) is 7.93. The molecule has 0 aliphatic heterocycles. The molecule has 4 heteroatoms. The lowest BCUT2D eigenvalue weighted by atomic mass is 10.0. The minimum absolute atomic E-state index is 0.339. The highest BCUT2D eigenvalue weighted by atomic mass is 16.3. The fourth-order valence-electron chi connectivity index (χ4n) is 2.72. The van der Waals surface area contributed by atoms with Crippen molar-refractivity contribution in [2.24, 2.45) is 0 Å². The molecule has 0 unspecified atom stereocenters. The molecule has 3 aromatic rings. The number of rotatable bonds is 4. The van der Waals surface area contributed by atoms with Crippen molar-refractivity contribution < 1.29 is 9.90 Å². The molecule has 3 rings (SSSR count). The van der Waals surface area contributed by atoms with E-state index in [2.05, 4.69) is 10.6 Å². The molecule has 2 atom stereocenters. The van der Waals surface area contributed by atoms with Gasteiger partial charge in [0.25, 0.3) is 0 Å². The van der Waals surface area contributed by atoms with Gasteiger partial charge in [-0.05, 0) is 23.9 Å². The van der Waals surface area contributed by atoms with Crippen molar-refractivity contribution in [1.82, 2.24) is 5.32 Å². The number of aliphatic hydroxyl groups is 1. The van der Waals surface area contributed by atoms with Crippen LogP contribution in [0.15, 0.2) is 72.8 Å². The maximum Gasteiger partial charge on any atom is 0.319 e. The third kappa shape index (κ3) is 3.55. The van der Waals surface area contributed by atoms with Gasteiger partial charge in [0.1, 0.15) is 0 Å². The van der Waals surface area contributed by atoms with Gasteiger partial charge in [0.05, 0.1) is 17.8 Å². The SMILES string of the molecule is C[C@H](NC(=O)Nc1cccc2ccccc12)[C@@H](O)c1ccccc1. The van der Waals surface area contributed by atoms with Gasteiger partial charge in [-0.25, -0.2) is 4.79 Å². The zero-order valence-corrected chi connectivity index (χ0v) is 13.4. The summed E-state index contributed by atoms with van der Waals surface area (Å²) in [6.07, 6.45) is -0.760. The van der Waals surface area contributed by atoms with Crippen molar-refractivity contribution in [1.29, 1.82) is 0 Å². The molecule has 0 aliphatic carbocycles. The summed E-state index contributed by atoms with van der Waals surface area (Å²) in [6, 6.07) is 22.2. The lowest BCUT2D eigenvalue weighted by Crippen LogP contribution is -2.39. The Morgan fingerprint density at radius 2 is 1.58 bits per heavy atom. The van der Waals surface area contributed by atoms with Crippen LogP contribution in [0.2, 0.25) is 0 Å². The van der Waals surface area contributed by atoms with E-state index in [1.807, 2.05) is 72.8 Å². The highest BCUT2D eigenvalue weighted by molar-refractivity contribution is 6.01. The molecule has 2 amide bonds. The van der Waals surface area contributed by atoms with Crippen molar-refractivity contribution in [3.05, 3.63) is 78.4 Å². The topological polar surface area (TPSA) is 61.4 Å². The summed E-state index contributed by atoms with van der Waals surface area (Å²) in [7, 11) is 0. The van der Waals surface area contributed by atoms with Crippen LogP contribution in [0.5, 0.6) is 0 Å². The Kier molecular flexibility index (Phi) is 4.77. The van der Waals surface area contributed by atoms with Crippen LogP contribution in [-0.2, 0) is 0 Å². The van der Waals surface area contributed by atoms with Crippen LogP contribution in [-0.4, -0.2) is 17.2 Å². The second kappa shape index (κ2) is 7.15. The average molecular weight is 320 g/mol. The Bertz CT molecular complexity index is 828. The summed E-state index contributed by atoms with van der Waals surface area (Å²) in [6.45, 7) is 1.78. The zero-order chi connectivity index (χ0) is 16.9. The number of carbonyl (C=O) groups is 1. The van der Waals surface area contributed by atoms with Crippen LogP contribution >= 0.6 is 0 Å². The Hall–Kier alpha value is -2.85. The van der Waals surface area contributed by atoms with Crippen LogP contribution in [0.1, 0.15) is 18.6 Å². The molecule has 0 saturated heterocycles. The number of aliphatic hydroxyl groups excluding tert-OH is 1. The fourth-order valence-corrected chi connectivity index (χ4v) is 2.72. The molecule has 0 fully saturated rings. The predicted molar refractivity (Wildman–Crippen MR) is 97.0 cm³/mol. The smallest absolute Gasteiger partial charge is 0.319 e. The maximum absolute atomic E-state index is 12.3. The van der Waals surface area contributed by atoms with Crippen molar-refractivity contribution in [3.63, 3.8) is 0 Å². The molecule has 0 bridgehead atoms. The Balaban J connectivity index is 1.69. The van der Waals surface area contributed by atoms with Gasteiger partial charge < -0.3 is 15.7 Å². The van der Waals surface area contributed by atoms with E-state index < -0.39 is 12.1 Å². The Morgan fingerprint density at radius 3 is 2.38 bits per heavy atom. The van der Waals surface area contributed by atoms with Crippen LogP contribution in [0, 0.1) is 0 Å². The molecule has 0 saturated carbocycles. The van der Waals surface area contributed by atoms with Gasteiger partial charge in [0.2, 0.25) is 0 Å². The Labute approximate surface area is 141 Å². The summed E-state index contributed by atoms with van der Waals surface area (Å²) < 4.78 is 0. The van der Waals surface area contributed by atoms with E-state index in [1.165, 1.54) is 0 Å². The molecule has 3 aromatic carbocycles.